The second-order valence-corrected chi connectivity index (χ2v) is 7.00. The summed E-state index contributed by atoms with van der Waals surface area (Å²) in [5, 5.41) is 12.9. The van der Waals surface area contributed by atoms with Gasteiger partial charge in [0.25, 0.3) is 5.91 Å². The van der Waals surface area contributed by atoms with E-state index in [-0.39, 0.29) is 18.1 Å². The Kier molecular flexibility index (Phi) is 5.09. The number of carbonyl (C=O) groups is 1. The van der Waals surface area contributed by atoms with Gasteiger partial charge in [0.05, 0.1) is 11.3 Å². The zero-order chi connectivity index (χ0) is 20.4. The Morgan fingerprint density at radius 3 is 2.83 bits per heavy atom. The van der Waals surface area contributed by atoms with Crippen molar-refractivity contribution in [3.63, 3.8) is 0 Å². The van der Waals surface area contributed by atoms with E-state index in [0.717, 1.165) is 5.69 Å². The fraction of sp³-hybridized carbons (Fsp3) is 0.158. The zero-order valence-corrected chi connectivity index (χ0v) is 16.4. The molecule has 0 fully saturated rings. The van der Waals surface area contributed by atoms with Crippen LogP contribution in [-0.4, -0.2) is 25.8 Å². The van der Waals surface area contributed by atoms with Crippen LogP contribution < -0.4 is 10.1 Å². The lowest BCUT2D eigenvalue weighted by Gasteiger charge is -2.06. The average Bonchev–Trinajstić information content (AvgIpc) is 3.42. The van der Waals surface area contributed by atoms with Crippen LogP contribution in [0.25, 0.3) is 11.4 Å². The predicted octanol–water partition coefficient (Wildman–Crippen LogP) is 3.81. The normalized spacial score (nSPS) is 10.9. The number of nitrogens with zero attached hydrogens (tertiary/aromatic N) is 4. The number of nitrogens with one attached hydrogen (secondary N) is 1. The fourth-order valence-electron chi connectivity index (χ4n) is 2.66. The maximum Gasteiger partial charge on any atom is 0.280 e. The number of amides is 1. The summed E-state index contributed by atoms with van der Waals surface area (Å²) in [5.74, 6) is 0.129. The predicted molar refractivity (Wildman–Crippen MR) is 104 cm³/mol. The molecule has 10 heteroatoms. The summed E-state index contributed by atoms with van der Waals surface area (Å²) in [6, 6.07) is 7.45. The van der Waals surface area contributed by atoms with Crippen LogP contribution in [0, 0.1) is 12.7 Å². The van der Waals surface area contributed by atoms with E-state index in [4.69, 9.17) is 9.26 Å². The largest absolute Gasteiger partial charge is 0.489 e. The van der Waals surface area contributed by atoms with Gasteiger partial charge in [0.1, 0.15) is 29.6 Å². The lowest BCUT2D eigenvalue weighted by Crippen LogP contribution is -2.15. The Labute approximate surface area is 168 Å². The van der Waals surface area contributed by atoms with Crippen LogP contribution in [0.2, 0.25) is 0 Å². The van der Waals surface area contributed by atoms with E-state index in [9.17, 15) is 9.18 Å². The molecule has 0 spiro atoms. The van der Waals surface area contributed by atoms with E-state index in [0.29, 0.717) is 27.9 Å². The highest BCUT2D eigenvalue weighted by molar-refractivity contribution is 7.14. The molecule has 4 aromatic rings. The number of hydrogen-bond acceptors (Lipinski definition) is 7. The summed E-state index contributed by atoms with van der Waals surface area (Å²) in [4.78, 5) is 17.1. The van der Waals surface area contributed by atoms with Gasteiger partial charge in [0, 0.05) is 18.6 Å². The lowest BCUT2D eigenvalue weighted by atomic mass is 10.2. The lowest BCUT2D eigenvalue weighted by molar-refractivity contribution is 0.101. The van der Waals surface area contributed by atoms with Crippen molar-refractivity contribution in [3.8, 4) is 17.1 Å². The molecule has 1 N–H and O–H groups in total. The van der Waals surface area contributed by atoms with E-state index in [2.05, 4.69) is 20.6 Å². The minimum absolute atomic E-state index is 0.0574. The first-order chi connectivity index (χ1) is 14.0. The topological polar surface area (TPSA) is 95.1 Å². The van der Waals surface area contributed by atoms with Gasteiger partial charge in [-0.2, -0.15) is 5.10 Å². The van der Waals surface area contributed by atoms with Gasteiger partial charge in [-0.15, -0.1) is 11.3 Å². The zero-order valence-electron chi connectivity index (χ0n) is 15.5. The molecule has 1 amide bonds. The first kappa shape index (κ1) is 18.8. The summed E-state index contributed by atoms with van der Waals surface area (Å²) in [6.45, 7) is 1.75. The van der Waals surface area contributed by atoms with E-state index in [1.807, 2.05) is 18.5 Å². The third-order valence-corrected chi connectivity index (χ3v) is 4.96. The maximum absolute atomic E-state index is 13.0. The van der Waals surface area contributed by atoms with E-state index in [1.165, 1.54) is 35.6 Å². The van der Waals surface area contributed by atoms with Crippen LogP contribution in [0.5, 0.6) is 5.75 Å². The third kappa shape index (κ3) is 4.02. The molecule has 0 atom stereocenters. The first-order valence-electron chi connectivity index (χ1n) is 8.60. The highest BCUT2D eigenvalue weighted by Gasteiger charge is 2.22. The third-order valence-electron chi connectivity index (χ3n) is 4.20. The molecule has 0 bridgehead atoms. The number of aryl methyl sites for hydroxylation is 2. The quantitative estimate of drug-likeness (QED) is 0.516. The number of thiazole rings is 1. The van der Waals surface area contributed by atoms with Crippen LogP contribution in [0.4, 0.5) is 9.52 Å². The SMILES string of the molecule is Cc1onc(C(=O)Nc2nc(-c3ccnn3C)cs2)c1COc1ccc(F)cc1. The summed E-state index contributed by atoms with van der Waals surface area (Å²) < 4.78 is 25.5. The molecule has 3 aromatic heterocycles. The van der Waals surface area contributed by atoms with Gasteiger partial charge < -0.3 is 9.26 Å². The molecule has 0 aliphatic rings. The molecular formula is C19H16FN5O3S. The molecule has 1 aromatic carbocycles. The smallest absolute Gasteiger partial charge is 0.280 e. The minimum atomic E-state index is -0.453. The number of hydrogen-bond donors (Lipinski definition) is 1. The van der Waals surface area contributed by atoms with Gasteiger partial charge in [-0.05, 0) is 37.3 Å². The van der Waals surface area contributed by atoms with Crippen molar-refractivity contribution in [3.05, 3.63) is 64.7 Å². The number of anilines is 1. The van der Waals surface area contributed by atoms with Gasteiger partial charge >= 0.3 is 0 Å². The average molecular weight is 413 g/mol. The highest BCUT2D eigenvalue weighted by Crippen LogP contribution is 2.25. The van der Waals surface area contributed by atoms with Gasteiger partial charge in [-0.25, -0.2) is 9.37 Å². The molecule has 0 aliphatic carbocycles. The maximum atomic E-state index is 13.0. The molecule has 0 aliphatic heterocycles. The van der Waals surface area contributed by atoms with Crippen LogP contribution in [0.15, 0.2) is 46.4 Å². The summed E-state index contributed by atoms with van der Waals surface area (Å²) in [6.07, 6.45) is 1.68. The molecule has 148 valence electrons. The van der Waals surface area contributed by atoms with Crippen LogP contribution >= 0.6 is 11.3 Å². The highest BCUT2D eigenvalue weighted by atomic mass is 32.1. The molecule has 0 unspecified atom stereocenters. The Bertz CT molecular complexity index is 1150. The Morgan fingerprint density at radius 2 is 2.10 bits per heavy atom. The van der Waals surface area contributed by atoms with Crippen molar-refractivity contribution in [2.24, 2.45) is 7.05 Å². The van der Waals surface area contributed by atoms with Crippen molar-refractivity contribution >= 4 is 22.4 Å². The van der Waals surface area contributed by atoms with Crippen molar-refractivity contribution in [1.29, 1.82) is 0 Å². The monoisotopic (exact) mass is 413 g/mol. The fourth-order valence-corrected chi connectivity index (χ4v) is 3.36. The molecular weight excluding hydrogens is 397 g/mol. The van der Waals surface area contributed by atoms with Gasteiger partial charge in [0.2, 0.25) is 0 Å². The van der Waals surface area contributed by atoms with E-state index >= 15 is 0 Å². The van der Waals surface area contributed by atoms with Crippen molar-refractivity contribution < 1.29 is 18.4 Å². The van der Waals surface area contributed by atoms with Crippen LogP contribution in [0.3, 0.4) is 0 Å². The Balaban J connectivity index is 1.47. The van der Waals surface area contributed by atoms with Gasteiger partial charge in [-0.3, -0.25) is 14.8 Å². The van der Waals surface area contributed by atoms with Gasteiger partial charge in [-0.1, -0.05) is 5.16 Å². The molecule has 0 radical (unpaired) electrons. The first-order valence-corrected chi connectivity index (χ1v) is 9.48. The minimum Gasteiger partial charge on any atom is -0.489 e. The molecule has 0 saturated heterocycles. The molecule has 4 rings (SSSR count). The Morgan fingerprint density at radius 1 is 1.31 bits per heavy atom. The summed E-state index contributed by atoms with van der Waals surface area (Å²) in [5.41, 5.74) is 2.17. The number of ether oxygens (including phenoxy) is 1. The van der Waals surface area contributed by atoms with Crippen LogP contribution in [0.1, 0.15) is 21.8 Å². The van der Waals surface area contributed by atoms with E-state index in [1.54, 1.807) is 17.8 Å². The second kappa shape index (κ2) is 7.84. The van der Waals surface area contributed by atoms with Crippen molar-refractivity contribution in [2.75, 3.05) is 5.32 Å². The summed E-state index contributed by atoms with van der Waals surface area (Å²) in [7, 11) is 1.82. The van der Waals surface area contributed by atoms with Gasteiger partial charge in [0.15, 0.2) is 10.8 Å². The second-order valence-electron chi connectivity index (χ2n) is 6.14. The molecule has 8 nitrogen and oxygen atoms in total. The van der Waals surface area contributed by atoms with Crippen molar-refractivity contribution in [1.82, 2.24) is 19.9 Å². The van der Waals surface area contributed by atoms with E-state index < -0.39 is 5.91 Å². The number of aromatic nitrogens is 4. The number of halogens is 1. The molecule has 29 heavy (non-hydrogen) atoms. The summed E-state index contributed by atoms with van der Waals surface area (Å²) >= 11 is 1.29. The number of rotatable bonds is 6. The Hall–Kier alpha value is -3.53. The van der Waals surface area contributed by atoms with Crippen LogP contribution in [-0.2, 0) is 13.7 Å². The standard InChI is InChI=1S/C19H16FN5O3S/c1-11-14(9-27-13-5-3-12(20)4-6-13)17(24-28-11)18(26)23-19-22-15(10-29-19)16-7-8-21-25(16)2/h3-8,10H,9H2,1-2H3,(H,22,23,26). The molecule has 0 saturated carbocycles. The van der Waals surface area contributed by atoms with Crippen molar-refractivity contribution in [2.45, 2.75) is 13.5 Å². The molecule has 3 heterocycles. The number of benzene rings is 1. The number of carbonyl (C=O) groups excluding carboxylic acids is 1.